The van der Waals surface area contributed by atoms with E-state index in [0.29, 0.717) is 11.2 Å². The molecule has 1 amide bonds. The van der Waals surface area contributed by atoms with Gasteiger partial charge in [-0.05, 0) is 36.8 Å². The van der Waals surface area contributed by atoms with Crippen LogP contribution in [0.15, 0.2) is 36.4 Å². The number of anilines is 1. The average Bonchev–Trinajstić information content (AvgIpc) is 2.87. The largest absolute Gasteiger partial charge is 0.481 e. The molecular weight excluding hydrogens is 322 g/mol. The Kier molecular flexibility index (Phi) is 4.20. The summed E-state index contributed by atoms with van der Waals surface area (Å²) in [5.41, 5.74) is 1.90. The van der Waals surface area contributed by atoms with Gasteiger partial charge < -0.3 is 4.74 Å². The monoisotopic (exact) mass is 334 g/mol. The van der Waals surface area contributed by atoms with Gasteiger partial charge in [0.25, 0.3) is 5.91 Å². The van der Waals surface area contributed by atoms with Crippen LogP contribution in [0.2, 0.25) is 0 Å². The zero-order chi connectivity index (χ0) is 16.4. The van der Waals surface area contributed by atoms with Crippen molar-refractivity contribution in [2.75, 3.05) is 11.9 Å². The Balaban J connectivity index is 1.64. The molecular formula is C16H12F2N2O2S. The Morgan fingerprint density at radius 1 is 1.26 bits per heavy atom. The fourth-order valence-electron chi connectivity index (χ4n) is 1.98. The highest BCUT2D eigenvalue weighted by Gasteiger charge is 2.11. The highest BCUT2D eigenvalue weighted by molar-refractivity contribution is 7.22. The smallest absolute Gasteiger partial charge is 0.264 e. The molecule has 0 aliphatic heterocycles. The number of aromatic nitrogens is 1. The first-order chi connectivity index (χ1) is 11.0. The highest BCUT2D eigenvalue weighted by Crippen LogP contribution is 2.26. The van der Waals surface area contributed by atoms with Crippen LogP contribution in [0.25, 0.3) is 10.2 Å². The summed E-state index contributed by atoms with van der Waals surface area (Å²) in [7, 11) is 0. The normalized spacial score (nSPS) is 10.7. The second-order valence-corrected chi connectivity index (χ2v) is 5.93. The summed E-state index contributed by atoms with van der Waals surface area (Å²) in [6, 6.07) is 8.69. The van der Waals surface area contributed by atoms with Gasteiger partial charge in [0, 0.05) is 6.07 Å². The number of hydrogen-bond donors (Lipinski definition) is 1. The molecule has 23 heavy (non-hydrogen) atoms. The van der Waals surface area contributed by atoms with Gasteiger partial charge in [0.05, 0.1) is 10.2 Å². The van der Waals surface area contributed by atoms with Crippen LogP contribution in [-0.4, -0.2) is 17.5 Å². The molecule has 3 aromatic rings. The maximum Gasteiger partial charge on any atom is 0.264 e. The van der Waals surface area contributed by atoms with Crippen molar-refractivity contribution in [3.05, 3.63) is 53.6 Å². The van der Waals surface area contributed by atoms with Crippen molar-refractivity contribution in [3.8, 4) is 5.75 Å². The highest BCUT2D eigenvalue weighted by atomic mass is 32.1. The van der Waals surface area contributed by atoms with Crippen molar-refractivity contribution in [2.45, 2.75) is 6.92 Å². The van der Waals surface area contributed by atoms with Crippen molar-refractivity contribution in [1.82, 2.24) is 4.98 Å². The van der Waals surface area contributed by atoms with Gasteiger partial charge in [-0.2, -0.15) is 0 Å². The lowest BCUT2D eigenvalue weighted by Gasteiger charge is -2.06. The third kappa shape index (κ3) is 3.62. The predicted octanol–water partition coefficient (Wildman–Crippen LogP) is 3.90. The van der Waals surface area contributed by atoms with Gasteiger partial charge in [0.2, 0.25) is 0 Å². The van der Waals surface area contributed by atoms with E-state index in [4.69, 9.17) is 4.74 Å². The first kappa shape index (κ1) is 15.4. The lowest BCUT2D eigenvalue weighted by molar-refractivity contribution is -0.118. The molecule has 2 aromatic carbocycles. The van der Waals surface area contributed by atoms with Crippen LogP contribution in [0.3, 0.4) is 0 Å². The second-order valence-electron chi connectivity index (χ2n) is 4.90. The quantitative estimate of drug-likeness (QED) is 0.787. The number of aryl methyl sites for hydroxylation is 1. The van der Waals surface area contributed by atoms with E-state index in [1.54, 1.807) is 0 Å². The molecule has 1 heterocycles. The minimum atomic E-state index is -0.853. The van der Waals surface area contributed by atoms with Crippen LogP contribution in [0.4, 0.5) is 13.9 Å². The molecule has 0 fully saturated rings. The Morgan fingerprint density at radius 2 is 2.09 bits per heavy atom. The zero-order valence-corrected chi connectivity index (χ0v) is 12.9. The maximum atomic E-state index is 13.4. The summed E-state index contributed by atoms with van der Waals surface area (Å²) in [6.45, 7) is 1.58. The number of fused-ring (bicyclic) bond motifs is 1. The molecule has 0 saturated carbocycles. The van der Waals surface area contributed by atoms with Crippen LogP contribution < -0.4 is 10.1 Å². The van der Waals surface area contributed by atoms with E-state index in [9.17, 15) is 13.6 Å². The first-order valence-corrected chi connectivity index (χ1v) is 7.58. The molecule has 4 nitrogen and oxygen atoms in total. The number of nitrogens with zero attached hydrogens (tertiary/aromatic N) is 1. The minimum absolute atomic E-state index is 0.179. The molecule has 1 aromatic heterocycles. The van der Waals surface area contributed by atoms with E-state index in [-0.39, 0.29) is 5.75 Å². The zero-order valence-electron chi connectivity index (χ0n) is 12.1. The summed E-state index contributed by atoms with van der Waals surface area (Å²) in [5, 5.41) is 3.04. The molecule has 118 valence electrons. The van der Waals surface area contributed by atoms with Crippen LogP contribution in [-0.2, 0) is 4.79 Å². The molecule has 0 spiro atoms. The summed E-state index contributed by atoms with van der Waals surface area (Å²) in [5.74, 6) is -2.21. The van der Waals surface area contributed by atoms with Crippen LogP contribution in [0.1, 0.15) is 5.56 Å². The third-order valence-electron chi connectivity index (χ3n) is 3.04. The van der Waals surface area contributed by atoms with E-state index < -0.39 is 24.1 Å². The molecule has 0 bridgehead atoms. The van der Waals surface area contributed by atoms with E-state index in [1.807, 2.05) is 25.1 Å². The number of hydrogen-bond acceptors (Lipinski definition) is 4. The SMILES string of the molecule is Cc1ccc2nc(NC(=O)COc3ccc(F)cc3F)sc2c1. The number of ether oxygens (including phenoxy) is 1. The fourth-order valence-corrected chi connectivity index (χ4v) is 2.96. The number of halogens is 2. The molecule has 0 radical (unpaired) electrons. The molecule has 1 N–H and O–H groups in total. The number of benzene rings is 2. The van der Waals surface area contributed by atoms with Gasteiger partial charge in [0.1, 0.15) is 5.82 Å². The molecule has 0 unspecified atom stereocenters. The Hall–Kier alpha value is -2.54. The van der Waals surface area contributed by atoms with Gasteiger partial charge in [-0.3, -0.25) is 10.1 Å². The van der Waals surface area contributed by atoms with Crippen LogP contribution in [0.5, 0.6) is 5.75 Å². The second kappa shape index (κ2) is 6.29. The van der Waals surface area contributed by atoms with Gasteiger partial charge in [-0.1, -0.05) is 17.4 Å². The van der Waals surface area contributed by atoms with Gasteiger partial charge in [-0.15, -0.1) is 0 Å². The minimum Gasteiger partial charge on any atom is -0.481 e. The fraction of sp³-hybridized carbons (Fsp3) is 0.125. The van der Waals surface area contributed by atoms with Crippen LogP contribution >= 0.6 is 11.3 Å². The summed E-state index contributed by atoms with van der Waals surface area (Å²) >= 11 is 1.34. The number of carbonyl (C=O) groups excluding carboxylic acids is 1. The summed E-state index contributed by atoms with van der Waals surface area (Å²) in [6.07, 6.45) is 0. The summed E-state index contributed by atoms with van der Waals surface area (Å²) in [4.78, 5) is 16.1. The Labute approximate surface area is 134 Å². The maximum absolute atomic E-state index is 13.4. The van der Waals surface area contributed by atoms with E-state index in [2.05, 4.69) is 10.3 Å². The van der Waals surface area contributed by atoms with Crippen molar-refractivity contribution >= 4 is 32.6 Å². The number of carbonyl (C=O) groups is 1. The Bertz CT molecular complexity index is 880. The van der Waals surface area contributed by atoms with Crippen molar-refractivity contribution < 1.29 is 18.3 Å². The van der Waals surface area contributed by atoms with E-state index >= 15 is 0 Å². The molecule has 3 rings (SSSR count). The summed E-state index contributed by atoms with van der Waals surface area (Å²) < 4.78 is 32.2. The Morgan fingerprint density at radius 3 is 2.87 bits per heavy atom. The first-order valence-electron chi connectivity index (χ1n) is 6.76. The standard InChI is InChI=1S/C16H12F2N2O2S/c1-9-2-4-12-14(6-9)23-16(19-12)20-15(21)8-22-13-5-3-10(17)7-11(13)18/h2-7H,8H2,1H3,(H,19,20,21). The van der Waals surface area contributed by atoms with Gasteiger partial charge in [0.15, 0.2) is 23.3 Å². The molecule has 0 aliphatic carbocycles. The lowest BCUT2D eigenvalue weighted by atomic mass is 10.2. The van der Waals surface area contributed by atoms with Crippen molar-refractivity contribution in [1.29, 1.82) is 0 Å². The van der Waals surface area contributed by atoms with E-state index in [0.717, 1.165) is 27.9 Å². The lowest BCUT2D eigenvalue weighted by Crippen LogP contribution is -2.20. The van der Waals surface area contributed by atoms with Crippen molar-refractivity contribution in [2.24, 2.45) is 0 Å². The molecule has 0 atom stereocenters. The number of nitrogens with one attached hydrogen (secondary N) is 1. The molecule has 0 saturated heterocycles. The average molecular weight is 334 g/mol. The van der Waals surface area contributed by atoms with Gasteiger partial charge in [-0.25, -0.2) is 13.8 Å². The third-order valence-corrected chi connectivity index (χ3v) is 3.98. The molecule has 7 heteroatoms. The molecule has 0 aliphatic rings. The topological polar surface area (TPSA) is 51.2 Å². The number of amides is 1. The number of rotatable bonds is 4. The van der Waals surface area contributed by atoms with Gasteiger partial charge >= 0.3 is 0 Å². The van der Waals surface area contributed by atoms with Crippen LogP contribution in [0, 0.1) is 18.6 Å². The van der Waals surface area contributed by atoms with Crippen molar-refractivity contribution in [3.63, 3.8) is 0 Å². The predicted molar refractivity (Wildman–Crippen MR) is 84.8 cm³/mol. The number of thiazole rings is 1. The van der Waals surface area contributed by atoms with E-state index in [1.165, 1.54) is 11.3 Å².